The standard InChI is InChI=1S/C15H12N2O3S/c1-21-11-5-2-4-10(8-11)16-15(18)12-9-14(20-17-12)13-6-3-7-19-13/h2-9H,1H3,(H,16,18). The van der Waals surface area contributed by atoms with Crippen LogP contribution < -0.4 is 5.32 Å². The Morgan fingerprint density at radius 1 is 1.19 bits per heavy atom. The van der Waals surface area contributed by atoms with Crippen molar-refractivity contribution in [1.29, 1.82) is 0 Å². The number of anilines is 1. The molecule has 1 amide bonds. The minimum atomic E-state index is -0.324. The van der Waals surface area contributed by atoms with Crippen molar-refractivity contribution < 1.29 is 13.7 Å². The fourth-order valence-corrected chi connectivity index (χ4v) is 2.27. The number of carbonyl (C=O) groups excluding carboxylic acids is 1. The van der Waals surface area contributed by atoms with Crippen LogP contribution in [0, 0.1) is 0 Å². The molecule has 1 aromatic carbocycles. The molecule has 0 bridgehead atoms. The van der Waals surface area contributed by atoms with Gasteiger partial charge in [0.25, 0.3) is 5.91 Å². The summed E-state index contributed by atoms with van der Waals surface area (Å²) in [6, 6.07) is 12.6. The van der Waals surface area contributed by atoms with Crippen molar-refractivity contribution >= 4 is 23.4 Å². The Morgan fingerprint density at radius 2 is 2.10 bits per heavy atom. The summed E-state index contributed by atoms with van der Waals surface area (Å²) in [5.74, 6) is 0.628. The Morgan fingerprint density at radius 3 is 2.86 bits per heavy atom. The SMILES string of the molecule is CSc1cccc(NC(=O)c2cc(-c3ccco3)on2)c1. The second-order valence-electron chi connectivity index (χ2n) is 4.24. The molecule has 0 fully saturated rings. The summed E-state index contributed by atoms with van der Waals surface area (Å²) in [5.41, 5.74) is 0.922. The maximum absolute atomic E-state index is 12.1. The molecule has 2 aromatic heterocycles. The van der Waals surface area contributed by atoms with Gasteiger partial charge in [-0.15, -0.1) is 11.8 Å². The summed E-state index contributed by atoms with van der Waals surface area (Å²) < 4.78 is 10.3. The van der Waals surface area contributed by atoms with Gasteiger partial charge in [0.05, 0.1) is 6.26 Å². The van der Waals surface area contributed by atoms with Gasteiger partial charge in [-0.3, -0.25) is 4.79 Å². The highest BCUT2D eigenvalue weighted by Crippen LogP contribution is 2.22. The molecular formula is C15H12N2O3S. The second-order valence-corrected chi connectivity index (χ2v) is 5.12. The van der Waals surface area contributed by atoms with Crippen molar-refractivity contribution in [3.63, 3.8) is 0 Å². The monoisotopic (exact) mass is 300 g/mol. The van der Waals surface area contributed by atoms with E-state index in [0.717, 1.165) is 10.6 Å². The fourth-order valence-electron chi connectivity index (χ4n) is 1.81. The Hall–Kier alpha value is -2.47. The van der Waals surface area contributed by atoms with E-state index in [2.05, 4.69) is 10.5 Å². The first kappa shape index (κ1) is 13.5. The number of amides is 1. The number of rotatable bonds is 4. The van der Waals surface area contributed by atoms with Gasteiger partial charge >= 0.3 is 0 Å². The smallest absolute Gasteiger partial charge is 0.277 e. The van der Waals surface area contributed by atoms with E-state index in [4.69, 9.17) is 8.94 Å². The molecule has 0 aliphatic rings. The second kappa shape index (κ2) is 5.88. The van der Waals surface area contributed by atoms with Gasteiger partial charge in [0, 0.05) is 16.6 Å². The lowest BCUT2D eigenvalue weighted by Crippen LogP contribution is -2.12. The van der Waals surface area contributed by atoms with E-state index in [9.17, 15) is 4.79 Å². The highest BCUT2D eigenvalue weighted by atomic mass is 32.2. The van der Waals surface area contributed by atoms with Crippen LogP contribution in [0.4, 0.5) is 5.69 Å². The minimum absolute atomic E-state index is 0.205. The summed E-state index contributed by atoms with van der Waals surface area (Å²) in [7, 11) is 0. The van der Waals surface area contributed by atoms with Crippen molar-refractivity contribution in [3.05, 3.63) is 54.4 Å². The number of nitrogens with one attached hydrogen (secondary N) is 1. The topological polar surface area (TPSA) is 68.3 Å². The van der Waals surface area contributed by atoms with Crippen LogP contribution in [0.2, 0.25) is 0 Å². The highest BCUT2D eigenvalue weighted by Gasteiger charge is 2.15. The number of nitrogens with zero attached hydrogens (tertiary/aromatic N) is 1. The van der Waals surface area contributed by atoms with Crippen LogP contribution in [0.15, 0.2) is 62.6 Å². The van der Waals surface area contributed by atoms with E-state index < -0.39 is 0 Å². The van der Waals surface area contributed by atoms with E-state index in [0.29, 0.717) is 11.5 Å². The maximum atomic E-state index is 12.1. The molecule has 0 aliphatic heterocycles. The van der Waals surface area contributed by atoms with Gasteiger partial charge in [0.15, 0.2) is 11.5 Å². The van der Waals surface area contributed by atoms with Crippen molar-refractivity contribution in [2.24, 2.45) is 0 Å². The average molecular weight is 300 g/mol. The lowest BCUT2D eigenvalue weighted by Gasteiger charge is -2.04. The molecule has 3 rings (SSSR count). The van der Waals surface area contributed by atoms with Crippen LogP contribution in [0.5, 0.6) is 0 Å². The normalized spacial score (nSPS) is 10.5. The van der Waals surface area contributed by atoms with Crippen LogP contribution in [0.25, 0.3) is 11.5 Å². The molecule has 0 atom stereocenters. The van der Waals surface area contributed by atoms with Crippen molar-refractivity contribution in [2.45, 2.75) is 4.90 Å². The molecule has 0 radical (unpaired) electrons. The van der Waals surface area contributed by atoms with Gasteiger partial charge in [-0.25, -0.2) is 0 Å². The zero-order valence-corrected chi connectivity index (χ0v) is 12.0. The molecule has 6 heteroatoms. The van der Waals surface area contributed by atoms with Gasteiger partial charge in [-0.05, 0) is 36.6 Å². The summed E-state index contributed by atoms with van der Waals surface area (Å²) in [6.07, 6.45) is 3.51. The minimum Gasteiger partial charge on any atom is -0.461 e. The van der Waals surface area contributed by atoms with Crippen molar-refractivity contribution in [2.75, 3.05) is 11.6 Å². The summed E-state index contributed by atoms with van der Waals surface area (Å²) in [4.78, 5) is 13.2. The average Bonchev–Trinajstić information content (AvgIpc) is 3.18. The molecule has 106 valence electrons. The van der Waals surface area contributed by atoms with Gasteiger partial charge in [-0.1, -0.05) is 11.2 Å². The zero-order chi connectivity index (χ0) is 14.7. The van der Waals surface area contributed by atoms with Crippen LogP contribution in [0.3, 0.4) is 0 Å². The third-order valence-corrected chi connectivity index (χ3v) is 3.56. The molecule has 0 unspecified atom stereocenters. The van der Waals surface area contributed by atoms with E-state index in [1.165, 1.54) is 6.26 Å². The Labute approximate surface area is 125 Å². The van der Waals surface area contributed by atoms with E-state index >= 15 is 0 Å². The summed E-state index contributed by atoms with van der Waals surface area (Å²) in [6.45, 7) is 0. The summed E-state index contributed by atoms with van der Waals surface area (Å²) in [5, 5.41) is 6.54. The number of aromatic nitrogens is 1. The maximum Gasteiger partial charge on any atom is 0.277 e. The molecule has 0 aliphatic carbocycles. The van der Waals surface area contributed by atoms with E-state index in [1.54, 1.807) is 30.0 Å². The van der Waals surface area contributed by atoms with Gasteiger partial charge in [-0.2, -0.15) is 0 Å². The van der Waals surface area contributed by atoms with Crippen molar-refractivity contribution in [1.82, 2.24) is 5.16 Å². The first-order valence-corrected chi connectivity index (χ1v) is 7.45. The number of hydrogen-bond acceptors (Lipinski definition) is 5. The predicted octanol–water partition coefficient (Wildman–Crippen LogP) is 3.91. The molecule has 21 heavy (non-hydrogen) atoms. The zero-order valence-electron chi connectivity index (χ0n) is 11.2. The number of benzene rings is 1. The predicted molar refractivity (Wildman–Crippen MR) is 80.4 cm³/mol. The Bertz CT molecular complexity index is 750. The van der Waals surface area contributed by atoms with E-state index in [1.807, 2.05) is 30.5 Å². The van der Waals surface area contributed by atoms with Crippen molar-refractivity contribution in [3.8, 4) is 11.5 Å². The molecule has 0 saturated heterocycles. The number of hydrogen-bond donors (Lipinski definition) is 1. The fraction of sp³-hybridized carbons (Fsp3) is 0.0667. The molecule has 5 nitrogen and oxygen atoms in total. The van der Waals surface area contributed by atoms with Gasteiger partial charge < -0.3 is 14.3 Å². The van der Waals surface area contributed by atoms with E-state index in [-0.39, 0.29) is 11.6 Å². The molecule has 0 spiro atoms. The number of carbonyl (C=O) groups is 1. The number of thioether (sulfide) groups is 1. The Balaban J connectivity index is 1.76. The van der Waals surface area contributed by atoms with Gasteiger partial charge in [0.1, 0.15) is 0 Å². The van der Waals surface area contributed by atoms with Crippen LogP contribution in [-0.4, -0.2) is 17.3 Å². The lowest BCUT2D eigenvalue weighted by atomic mass is 10.3. The van der Waals surface area contributed by atoms with Crippen LogP contribution in [-0.2, 0) is 0 Å². The lowest BCUT2D eigenvalue weighted by molar-refractivity contribution is 0.101. The summed E-state index contributed by atoms with van der Waals surface area (Å²) >= 11 is 1.61. The molecule has 0 saturated carbocycles. The first-order chi connectivity index (χ1) is 10.3. The molecule has 2 heterocycles. The van der Waals surface area contributed by atoms with Crippen LogP contribution >= 0.6 is 11.8 Å². The molecule has 3 aromatic rings. The largest absolute Gasteiger partial charge is 0.461 e. The number of furan rings is 1. The molecular weight excluding hydrogens is 288 g/mol. The van der Waals surface area contributed by atoms with Crippen LogP contribution in [0.1, 0.15) is 10.5 Å². The quantitative estimate of drug-likeness (QED) is 0.740. The Kier molecular flexibility index (Phi) is 3.79. The molecule has 1 N–H and O–H groups in total. The highest BCUT2D eigenvalue weighted by molar-refractivity contribution is 7.98. The third kappa shape index (κ3) is 3.00. The first-order valence-electron chi connectivity index (χ1n) is 6.22. The third-order valence-electron chi connectivity index (χ3n) is 2.83. The van der Waals surface area contributed by atoms with Gasteiger partial charge in [0.2, 0.25) is 5.76 Å².